The zero-order valence-electron chi connectivity index (χ0n) is 11.6. The molecule has 0 radical (unpaired) electrons. The highest BCUT2D eigenvalue weighted by Crippen LogP contribution is 2.43. The molecule has 21 heavy (non-hydrogen) atoms. The lowest BCUT2D eigenvalue weighted by Gasteiger charge is -2.34. The zero-order chi connectivity index (χ0) is 15.8. The molecule has 0 amide bonds. The van der Waals surface area contributed by atoms with E-state index in [0.29, 0.717) is 12.8 Å². The van der Waals surface area contributed by atoms with Gasteiger partial charge < -0.3 is 10.2 Å². The molecule has 7 heteroatoms. The van der Waals surface area contributed by atoms with Crippen molar-refractivity contribution < 1.29 is 27.8 Å². The third-order valence-electron chi connectivity index (χ3n) is 4.08. The van der Waals surface area contributed by atoms with Crippen LogP contribution in [-0.4, -0.2) is 30.9 Å². The van der Waals surface area contributed by atoms with Crippen molar-refractivity contribution in [2.24, 2.45) is 0 Å². The van der Waals surface area contributed by atoms with Crippen LogP contribution >= 0.6 is 0 Å². The Balaban J connectivity index is 2.71. The normalized spacial score (nSPS) is 18.4. The second kappa shape index (κ2) is 5.29. The van der Waals surface area contributed by atoms with Crippen LogP contribution in [0.2, 0.25) is 0 Å². The van der Waals surface area contributed by atoms with Gasteiger partial charge in [-0.2, -0.15) is 0 Å². The van der Waals surface area contributed by atoms with Gasteiger partial charge in [0.25, 0.3) is 0 Å². The van der Waals surface area contributed by atoms with Crippen molar-refractivity contribution in [1.29, 1.82) is 0 Å². The first-order valence-corrected chi connectivity index (χ1v) is 8.55. The predicted octanol–water partition coefficient (Wildman–Crippen LogP) is 2.22. The van der Waals surface area contributed by atoms with Gasteiger partial charge in [0.15, 0.2) is 9.84 Å². The number of hydrogen-bond acceptors (Lipinski definition) is 4. The minimum Gasteiger partial charge on any atom is -0.506 e. The van der Waals surface area contributed by atoms with Crippen LogP contribution in [0.3, 0.4) is 0 Å². The van der Waals surface area contributed by atoms with E-state index < -0.39 is 37.7 Å². The predicted molar refractivity (Wildman–Crippen MR) is 73.6 cm³/mol. The Kier molecular flexibility index (Phi) is 3.97. The summed E-state index contributed by atoms with van der Waals surface area (Å²) in [5, 5.41) is 19.2. The number of aromatic hydroxyl groups is 1. The van der Waals surface area contributed by atoms with E-state index in [0.717, 1.165) is 18.7 Å². The molecule has 0 saturated heterocycles. The first kappa shape index (κ1) is 15.8. The monoisotopic (exact) mass is 316 g/mol. The van der Waals surface area contributed by atoms with E-state index in [1.165, 1.54) is 6.07 Å². The molecule has 1 fully saturated rings. The molecule has 116 valence electrons. The summed E-state index contributed by atoms with van der Waals surface area (Å²) in [6, 6.07) is 2.23. The summed E-state index contributed by atoms with van der Waals surface area (Å²) < 4.78 is 37.9. The van der Waals surface area contributed by atoms with Crippen molar-refractivity contribution in [2.45, 2.75) is 42.4 Å². The lowest BCUT2D eigenvalue weighted by Crippen LogP contribution is -2.39. The highest BCUT2D eigenvalue weighted by atomic mass is 32.2. The summed E-state index contributed by atoms with van der Waals surface area (Å²) in [5.74, 6) is -3.01. The first-order chi connectivity index (χ1) is 9.70. The molecular weight excluding hydrogens is 299 g/mol. The van der Waals surface area contributed by atoms with Crippen LogP contribution in [0.15, 0.2) is 17.0 Å². The fourth-order valence-corrected chi connectivity index (χ4v) is 3.91. The highest BCUT2D eigenvalue weighted by molar-refractivity contribution is 7.90. The topological polar surface area (TPSA) is 91.7 Å². The minimum absolute atomic E-state index is 0.159. The number of rotatable bonds is 3. The summed E-state index contributed by atoms with van der Waals surface area (Å²) in [6.45, 7) is 0. The fourth-order valence-electron chi connectivity index (χ4n) is 3.02. The van der Waals surface area contributed by atoms with Gasteiger partial charge >= 0.3 is 5.97 Å². The maximum atomic E-state index is 14.6. The molecule has 0 spiro atoms. The molecule has 1 aromatic carbocycles. The maximum Gasteiger partial charge on any atom is 0.314 e. The summed E-state index contributed by atoms with van der Waals surface area (Å²) in [5.41, 5.74) is -1.58. The van der Waals surface area contributed by atoms with E-state index in [4.69, 9.17) is 0 Å². The number of hydrogen-bond donors (Lipinski definition) is 2. The van der Waals surface area contributed by atoms with Crippen LogP contribution < -0.4 is 0 Å². The van der Waals surface area contributed by atoms with Crippen LogP contribution in [0.1, 0.15) is 37.7 Å². The third kappa shape index (κ3) is 2.62. The van der Waals surface area contributed by atoms with Gasteiger partial charge in [0.2, 0.25) is 0 Å². The Labute approximate surface area is 122 Å². The standard InChI is InChI=1S/C14H17FO5S/c1-21(19,20)12-10(16)6-5-9(11(12)15)14(13(17)18)7-3-2-4-8-14/h5-6,16H,2-4,7-8H2,1H3,(H,17,18). The van der Waals surface area contributed by atoms with Gasteiger partial charge in [-0.25, -0.2) is 12.8 Å². The number of benzene rings is 1. The number of sulfone groups is 1. The van der Waals surface area contributed by atoms with Gasteiger partial charge in [-0.1, -0.05) is 25.3 Å². The van der Waals surface area contributed by atoms with Crippen LogP contribution in [-0.2, 0) is 20.0 Å². The molecule has 0 unspecified atom stereocenters. The average Bonchev–Trinajstić information content (AvgIpc) is 2.37. The number of phenolic OH excluding ortho intramolecular Hbond substituents is 1. The number of carboxylic acids is 1. The van der Waals surface area contributed by atoms with Crippen molar-refractivity contribution >= 4 is 15.8 Å². The summed E-state index contributed by atoms with van der Waals surface area (Å²) in [7, 11) is -4.00. The van der Waals surface area contributed by atoms with Gasteiger partial charge in [-0.05, 0) is 18.9 Å². The number of halogens is 1. The highest BCUT2D eigenvalue weighted by Gasteiger charge is 2.44. The van der Waals surface area contributed by atoms with Gasteiger partial charge in [0, 0.05) is 11.8 Å². The van der Waals surface area contributed by atoms with E-state index in [-0.39, 0.29) is 18.4 Å². The maximum absolute atomic E-state index is 14.6. The molecule has 0 heterocycles. The molecule has 0 aliphatic heterocycles. The summed E-state index contributed by atoms with van der Waals surface area (Å²) in [4.78, 5) is 10.9. The molecule has 5 nitrogen and oxygen atoms in total. The number of aliphatic carboxylic acids is 1. The van der Waals surface area contributed by atoms with Crippen LogP contribution in [0.25, 0.3) is 0 Å². The molecule has 0 aromatic heterocycles. The van der Waals surface area contributed by atoms with E-state index in [9.17, 15) is 27.8 Å². The second-order valence-electron chi connectivity index (χ2n) is 5.50. The Morgan fingerprint density at radius 3 is 2.29 bits per heavy atom. The number of carbonyl (C=O) groups is 1. The molecule has 1 aliphatic carbocycles. The van der Waals surface area contributed by atoms with Gasteiger partial charge in [-0.3, -0.25) is 4.79 Å². The van der Waals surface area contributed by atoms with Crippen LogP contribution in [0.4, 0.5) is 4.39 Å². The minimum atomic E-state index is -4.00. The van der Waals surface area contributed by atoms with Gasteiger partial charge in [-0.15, -0.1) is 0 Å². The molecule has 1 saturated carbocycles. The van der Waals surface area contributed by atoms with E-state index in [1.807, 2.05) is 0 Å². The molecule has 0 atom stereocenters. The molecule has 2 rings (SSSR count). The van der Waals surface area contributed by atoms with E-state index in [1.54, 1.807) is 0 Å². The van der Waals surface area contributed by atoms with Crippen LogP contribution in [0.5, 0.6) is 5.75 Å². The molecule has 0 bridgehead atoms. The van der Waals surface area contributed by atoms with E-state index >= 15 is 0 Å². The number of carboxylic acid groups (broad SMARTS) is 1. The quantitative estimate of drug-likeness (QED) is 0.892. The molecule has 1 aliphatic rings. The van der Waals surface area contributed by atoms with Crippen molar-refractivity contribution in [3.63, 3.8) is 0 Å². The number of phenols is 1. The zero-order valence-corrected chi connectivity index (χ0v) is 12.4. The van der Waals surface area contributed by atoms with Crippen LogP contribution in [0, 0.1) is 5.82 Å². The van der Waals surface area contributed by atoms with Crippen molar-refractivity contribution in [2.75, 3.05) is 6.26 Å². The van der Waals surface area contributed by atoms with Crippen molar-refractivity contribution in [3.8, 4) is 5.75 Å². The van der Waals surface area contributed by atoms with Crippen molar-refractivity contribution in [3.05, 3.63) is 23.5 Å². The lowest BCUT2D eigenvalue weighted by molar-refractivity contribution is -0.145. The smallest absolute Gasteiger partial charge is 0.314 e. The third-order valence-corrected chi connectivity index (χ3v) is 5.21. The SMILES string of the molecule is CS(=O)(=O)c1c(O)ccc(C2(C(=O)O)CCCCC2)c1F. The largest absolute Gasteiger partial charge is 0.506 e. The van der Waals surface area contributed by atoms with E-state index in [2.05, 4.69) is 0 Å². The summed E-state index contributed by atoms with van der Waals surface area (Å²) >= 11 is 0. The fraction of sp³-hybridized carbons (Fsp3) is 0.500. The Bertz CT molecular complexity index is 675. The summed E-state index contributed by atoms with van der Waals surface area (Å²) in [6.07, 6.45) is 3.44. The Hall–Kier alpha value is -1.63. The average molecular weight is 316 g/mol. The van der Waals surface area contributed by atoms with Gasteiger partial charge in [0.05, 0.1) is 5.41 Å². The first-order valence-electron chi connectivity index (χ1n) is 6.65. The molecular formula is C14H17FO5S. The Morgan fingerprint density at radius 1 is 1.24 bits per heavy atom. The van der Waals surface area contributed by atoms with Crippen molar-refractivity contribution in [1.82, 2.24) is 0 Å². The Morgan fingerprint density at radius 2 is 1.81 bits per heavy atom. The molecule has 1 aromatic rings. The lowest BCUT2D eigenvalue weighted by atomic mass is 9.69. The molecule has 2 N–H and O–H groups in total. The van der Waals surface area contributed by atoms with Gasteiger partial charge in [0.1, 0.15) is 16.5 Å². The second-order valence-corrected chi connectivity index (χ2v) is 7.45.